The summed E-state index contributed by atoms with van der Waals surface area (Å²) < 4.78 is 5.22. The van der Waals surface area contributed by atoms with Crippen molar-refractivity contribution in [2.75, 3.05) is 9.80 Å². The lowest BCUT2D eigenvalue weighted by Crippen LogP contribution is -2.60. The Balaban J connectivity index is 0.840. The average molecular weight is 1260 g/mol. The summed E-state index contributed by atoms with van der Waals surface area (Å²) in [6, 6.07) is 113. The van der Waals surface area contributed by atoms with Gasteiger partial charge in [-0.25, -0.2) is 0 Å². The van der Waals surface area contributed by atoms with Gasteiger partial charge < -0.3 is 18.9 Å². The van der Waals surface area contributed by atoms with Crippen LogP contribution in [0, 0.1) is 0 Å². The Kier molecular flexibility index (Phi) is 10.9. The summed E-state index contributed by atoms with van der Waals surface area (Å²) in [7, 11) is 0. The molecule has 6 heteroatoms. The highest BCUT2D eigenvalue weighted by molar-refractivity contribution is 7.01. The first-order valence-corrected chi connectivity index (χ1v) is 35.3. The maximum atomic E-state index is 2.68. The van der Waals surface area contributed by atoms with E-state index < -0.39 is 5.41 Å². The molecule has 0 radical (unpaired) electrons. The number of benzene rings is 14. The van der Waals surface area contributed by atoms with Crippen LogP contribution in [0.5, 0.6) is 0 Å². The summed E-state index contributed by atoms with van der Waals surface area (Å²) in [5.41, 5.74) is 39.8. The fraction of sp³-hybridized carbons (Fsp3) is 0.0968. The van der Waals surface area contributed by atoms with Crippen LogP contribution in [-0.4, -0.2) is 22.6 Å². The number of hydrogen-bond donors (Lipinski definition) is 0. The van der Waals surface area contributed by atoms with Crippen LogP contribution in [0.4, 0.5) is 34.1 Å². The second-order valence-electron chi connectivity index (χ2n) is 30.7. The number of para-hydroxylation sites is 6. The van der Waals surface area contributed by atoms with Gasteiger partial charge >= 0.3 is 0 Å². The van der Waals surface area contributed by atoms with Gasteiger partial charge in [-0.15, -0.1) is 0 Å². The molecule has 16 aromatic rings. The van der Waals surface area contributed by atoms with Gasteiger partial charge in [0.25, 0.3) is 13.4 Å². The van der Waals surface area contributed by atoms with Crippen molar-refractivity contribution in [3.05, 3.63) is 325 Å². The third-order valence-corrected chi connectivity index (χ3v) is 23.6. The van der Waals surface area contributed by atoms with E-state index in [1.54, 1.807) is 0 Å². The standard InChI is InChI=1S/C93H66B2N4/c1-91(2,3)59-43-39-55(40-44-59)57-47-83-87-85(49-57)98-79-37-19-15-29-65(79)67-31-21-35-75(89(67)98)94(87)77-51-69-63-27-13-17-33-71(63)93(73(69)53-81(77)96(83)61-23-9-7-10-24-61)72-34-18-14-28-64(72)70-52-78-82(54-74(70)93)97(62-25-11-8-12-26-62)84-48-58(56-41-45-60(46-42-56)92(4,5)6)50-86-88(84)95(78)76-36-22-32-68-66-30-16-20-38-80(66)99(86)90(68)76/h7-54H,1-6H3. The van der Waals surface area contributed by atoms with Crippen molar-refractivity contribution in [2.45, 2.75) is 57.8 Å². The highest BCUT2D eigenvalue weighted by Crippen LogP contribution is 2.65. The minimum atomic E-state index is -0.713. The molecule has 0 saturated heterocycles. The van der Waals surface area contributed by atoms with Crippen LogP contribution >= 0.6 is 0 Å². The summed E-state index contributed by atoms with van der Waals surface area (Å²) >= 11 is 0. The Morgan fingerprint density at radius 1 is 0.273 bits per heavy atom. The molecular formula is C93H66B2N4. The normalized spacial score (nSPS) is 14.4. The molecule has 4 nitrogen and oxygen atoms in total. The molecule has 6 heterocycles. The zero-order valence-corrected chi connectivity index (χ0v) is 56.2. The molecule has 0 N–H and O–H groups in total. The molecule has 464 valence electrons. The minimum absolute atomic E-state index is 0.0202. The SMILES string of the molecule is CC(C)(C)c1ccc(-c2cc3c4c(c2)-n2c5ccccc5c5cccc(c52)B4c2cc4c(cc2N3c2ccccc2)C2(c3ccccc3-4)c3ccccc3-c3cc4c(cc32)N(c2ccccc2)c2cc(-c3ccc(C(C)(C)C)cc3)cc3c2B4c2cccc4c5ccccc5n-3c24)cc1. The molecule has 4 aliphatic heterocycles. The van der Waals surface area contributed by atoms with Crippen molar-refractivity contribution < 1.29 is 0 Å². The third kappa shape index (κ3) is 7.20. The lowest BCUT2D eigenvalue weighted by Gasteiger charge is -2.42. The lowest BCUT2D eigenvalue weighted by molar-refractivity contribution is 0.590. The second kappa shape index (κ2) is 19.4. The molecule has 0 atom stereocenters. The van der Waals surface area contributed by atoms with Crippen LogP contribution in [-0.2, 0) is 16.2 Å². The summed E-state index contributed by atoms with van der Waals surface area (Å²) in [6.45, 7) is 13.7. The van der Waals surface area contributed by atoms with Crippen LogP contribution in [0.1, 0.15) is 74.9 Å². The zero-order valence-electron chi connectivity index (χ0n) is 56.2. The zero-order chi connectivity index (χ0) is 65.7. The van der Waals surface area contributed by atoms with E-state index in [0.717, 1.165) is 11.4 Å². The van der Waals surface area contributed by atoms with Gasteiger partial charge in [-0.05, 0) is 194 Å². The molecule has 2 aromatic heterocycles. The van der Waals surface area contributed by atoms with Crippen molar-refractivity contribution in [2.24, 2.45) is 0 Å². The molecule has 0 fully saturated rings. The molecule has 2 aliphatic carbocycles. The Bertz CT molecular complexity index is 5880. The summed E-state index contributed by atoms with van der Waals surface area (Å²) in [4.78, 5) is 5.28. The van der Waals surface area contributed by atoms with E-state index in [1.165, 1.54) is 188 Å². The highest BCUT2D eigenvalue weighted by atomic mass is 15.2. The third-order valence-electron chi connectivity index (χ3n) is 23.6. The van der Waals surface area contributed by atoms with Gasteiger partial charge in [0.1, 0.15) is 0 Å². The van der Waals surface area contributed by atoms with Crippen molar-refractivity contribution in [3.8, 4) is 55.9 Å². The molecule has 99 heavy (non-hydrogen) atoms. The van der Waals surface area contributed by atoms with E-state index >= 15 is 0 Å². The summed E-state index contributed by atoms with van der Waals surface area (Å²) in [6.07, 6.45) is 0. The van der Waals surface area contributed by atoms with Crippen LogP contribution in [0.15, 0.2) is 291 Å². The van der Waals surface area contributed by atoms with Crippen LogP contribution < -0.4 is 42.6 Å². The first-order chi connectivity index (χ1) is 48.4. The van der Waals surface area contributed by atoms with E-state index in [4.69, 9.17) is 0 Å². The van der Waals surface area contributed by atoms with Crippen molar-refractivity contribution >= 4 is 124 Å². The van der Waals surface area contributed by atoms with Gasteiger partial charge in [0.05, 0.1) is 16.4 Å². The van der Waals surface area contributed by atoms with Crippen LogP contribution in [0.25, 0.3) is 99.5 Å². The number of anilines is 6. The molecular weight excluding hydrogens is 1190 g/mol. The predicted molar refractivity (Wildman–Crippen MR) is 418 cm³/mol. The van der Waals surface area contributed by atoms with Crippen molar-refractivity contribution in [1.29, 1.82) is 0 Å². The summed E-state index contributed by atoms with van der Waals surface area (Å²) in [5, 5.41) is 5.13. The topological polar surface area (TPSA) is 16.3 Å². The van der Waals surface area contributed by atoms with Gasteiger partial charge in [0, 0.05) is 78.1 Å². The second-order valence-corrected chi connectivity index (χ2v) is 30.7. The predicted octanol–water partition coefficient (Wildman–Crippen LogP) is 19.4. The number of nitrogens with zero attached hydrogens (tertiary/aromatic N) is 4. The fourth-order valence-electron chi connectivity index (χ4n) is 19.3. The van der Waals surface area contributed by atoms with E-state index in [0.29, 0.717) is 0 Å². The largest absolute Gasteiger partial charge is 0.311 e. The molecule has 1 spiro atoms. The van der Waals surface area contributed by atoms with Gasteiger partial charge in [-0.1, -0.05) is 260 Å². The number of fused-ring (bicyclic) bond motifs is 24. The summed E-state index contributed by atoms with van der Waals surface area (Å²) in [5.74, 6) is 0. The van der Waals surface area contributed by atoms with Gasteiger partial charge in [0.2, 0.25) is 0 Å². The van der Waals surface area contributed by atoms with Crippen LogP contribution in [0.2, 0.25) is 0 Å². The van der Waals surface area contributed by atoms with Gasteiger partial charge in [-0.2, -0.15) is 0 Å². The first-order valence-electron chi connectivity index (χ1n) is 35.3. The Morgan fingerprint density at radius 2 is 0.646 bits per heavy atom. The average Bonchev–Trinajstić information content (AvgIpc) is 1.55. The smallest absolute Gasteiger partial charge is 0.252 e. The van der Waals surface area contributed by atoms with E-state index in [9.17, 15) is 0 Å². The van der Waals surface area contributed by atoms with Crippen LogP contribution in [0.3, 0.4) is 0 Å². The maximum Gasteiger partial charge on any atom is 0.252 e. The monoisotopic (exact) mass is 1260 g/mol. The van der Waals surface area contributed by atoms with Crippen molar-refractivity contribution in [1.82, 2.24) is 9.13 Å². The number of aromatic nitrogens is 2. The van der Waals surface area contributed by atoms with Crippen molar-refractivity contribution in [3.63, 3.8) is 0 Å². The fourth-order valence-corrected chi connectivity index (χ4v) is 19.3. The van der Waals surface area contributed by atoms with E-state index in [1.807, 2.05) is 0 Å². The maximum absolute atomic E-state index is 2.68. The lowest BCUT2D eigenvalue weighted by atomic mass is 9.33. The quantitative estimate of drug-likeness (QED) is 0.163. The molecule has 22 rings (SSSR count). The van der Waals surface area contributed by atoms with E-state index in [-0.39, 0.29) is 24.3 Å². The number of hydrogen-bond acceptors (Lipinski definition) is 2. The highest BCUT2D eigenvalue weighted by Gasteiger charge is 2.55. The van der Waals surface area contributed by atoms with E-state index in [2.05, 4.69) is 352 Å². The molecule has 0 amide bonds. The molecule has 14 aromatic carbocycles. The molecule has 6 aliphatic rings. The van der Waals surface area contributed by atoms with Gasteiger partial charge in [-0.3, -0.25) is 0 Å². The van der Waals surface area contributed by atoms with Gasteiger partial charge in [0.15, 0.2) is 0 Å². The first kappa shape index (κ1) is 55.5. The Labute approximate surface area is 577 Å². The minimum Gasteiger partial charge on any atom is -0.311 e. The molecule has 0 saturated carbocycles. The number of rotatable bonds is 4. The Morgan fingerprint density at radius 3 is 1.07 bits per heavy atom. The molecule has 0 bridgehead atoms. The Hall–Kier alpha value is -11.6. The molecule has 0 unspecified atom stereocenters.